The Hall–Kier alpha value is -2.82. The Morgan fingerprint density at radius 2 is 1.64 bits per heavy atom. The van der Waals surface area contributed by atoms with Crippen molar-refractivity contribution >= 4 is 17.5 Å². The minimum atomic E-state index is -0.663. The number of hydrogen-bond acceptors (Lipinski definition) is 3. The highest BCUT2D eigenvalue weighted by Crippen LogP contribution is 2.27. The minimum Gasteiger partial charge on any atom is -0.494 e. The third kappa shape index (κ3) is 5.12. The molecule has 0 heterocycles. The van der Waals surface area contributed by atoms with E-state index in [0.717, 1.165) is 40.8 Å². The van der Waals surface area contributed by atoms with Gasteiger partial charge in [-0.15, -0.1) is 0 Å². The maximum atomic E-state index is 12.5. The molecule has 150 valence electrons. The first-order chi connectivity index (χ1) is 13.4. The fourth-order valence-electron chi connectivity index (χ4n) is 3.21. The standard InChI is InChI=1S/C23H30N2O3/c1-6-17-10-9-11-18(7-2)21(17)25-23(27)22(26)24-16(5)19-14-15(4)12-13-20(19)28-8-3/h9-14,16H,6-8H2,1-5H3,(H,24,26)(H,25,27). The Balaban J connectivity index is 2.16. The molecule has 0 saturated heterocycles. The van der Waals surface area contributed by atoms with Gasteiger partial charge in [-0.1, -0.05) is 49.7 Å². The lowest BCUT2D eigenvalue weighted by atomic mass is 10.0. The smallest absolute Gasteiger partial charge is 0.313 e. The van der Waals surface area contributed by atoms with Gasteiger partial charge >= 0.3 is 11.8 Å². The summed E-state index contributed by atoms with van der Waals surface area (Å²) in [6.07, 6.45) is 1.56. The zero-order valence-corrected chi connectivity index (χ0v) is 17.4. The molecule has 5 heteroatoms. The average molecular weight is 383 g/mol. The van der Waals surface area contributed by atoms with Crippen LogP contribution in [-0.4, -0.2) is 18.4 Å². The fraction of sp³-hybridized carbons (Fsp3) is 0.391. The molecule has 1 unspecified atom stereocenters. The van der Waals surface area contributed by atoms with Crippen LogP contribution in [0.3, 0.4) is 0 Å². The van der Waals surface area contributed by atoms with Crippen molar-refractivity contribution in [2.24, 2.45) is 0 Å². The summed E-state index contributed by atoms with van der Waals surface area (Å²) in [5.41, 5.74) is 4.70. The SMILES string of the molecule is CCOc1ccc(C)cc1C(C)NC(=O)C(=O)Nc1c(CC)cccc1CC. The molecule has 2 amide bonds. The van der Waals surface area contributed by atoms with Crippen LogP contribution in [0.2, 0.25) is 0 Å². The molecule has 2 N–H and O–H groups in total. The highest BCUT2D eigenvalue weighted by Gasteiger charge is 2.21. The van der Waals surface area contributed by atoms with Crippen molar-refractivity contribution in [2.45, 2.75) is 53.5 Å². The van der Waals surface area contributed by atoms with Gasteiger partial charge in [0.05, 0.1) is 12.6 Å². The highest BCUT2D eigenvalue weighted by molar-refractivity contribution is 6.39. The first-order valence-corrected chi connectivity index (χ1v) is 9.87. The van der Waals surface area contributed by atoms with Crippen LogP contribution >= 0.6 is 0 Å². The van der Waals surface area contributed by atoms with Crippen LogP contribution in [0.5, 0.6) is 5.75 Å². The highest BCUT2D eigenvalue weighted by atomic mass is 16.5. The van der Waals surface area contributed by atoms with Crippen molar-refractivity contribution in [1.82, 2.24) is 5.32 Å². The molecule has 1 atom stereocenters. The first-order valence-electron chi connectivity index (χ1n) is 9.87. The monoisotopic (exact) mass is 382 g/mol. The molecule has 0 fully saturated rings. The third-order valence-electron chi connectivity index (χ3n) is 4.72. The van der Waals surface area contributed by atoms with E-state index in [4.69, 9.17) is 4.74 Å². The van der Waals surface area contributed by atoms with Crippen molar-refractivity contribution in [2.75, 3.05) is 11.9 Å². The number of nitrogens with one attached hydrogen (secondary N) is 2. The van der Waals surface area contributed by atoms with Crippen LogP contribution in [0.1, 0.15) is 56.0 Å². The Kier molecular flexibility index (Phi) is 7.61. The van der Waals surface area contributed by atoms with Crippen molar-refractivity contribution in [3.05, 3.63) is 58.7 Å². The number of carbonyl (C=O) groups is 2. The van der Waals surface area contributed by atoms with Gasteiger partial charge in [-0.3, -0.25) is 9.59 Å². The second-order valence-corrected chi connectivity index (χ2v) is 6.78. The van der Waals surface area contributed by atoms with Gasteiger partial charge in [0.1, 0.15) is 5.75 Å². The number of hydrogen-bond donors (Lipinski definition) is 2. The summed E-state index contributed by atoms with van der Waals surface area (Å²) < 4.78 is 5.66. The molecule has 0 aliphatic heterocycles. The second kappa shape index (κ2) is 9.93. The number of carbonyl (C=O) groups excluding carboxylic acids is 2. The molecule has 0 aliphatic rings. The van der Waals surface area contributed by atoms with Gasteiger partial charge in [0.25, 0.3) is 0 Å². The molecule has 2 aromatic carbocycles. The van der Waals surface area contributed by atoms with E-state index in [1.807, 2.05) is 71.0 Å². The van der Waals surface area contributed by atoms with E-state index >= 15 is 0 Å². The summed E-state index contributed by atoms with van der Waals surface area (Å²) in [6, 6.07) is 11.4. The van der Waals surface area contributed by atoms with Crippen molar-refractivity contribution in [3.63, 3.8) is 0 Å². The number of para-hydroxylation sites is 1. The molecular formula is C23H30N2O3. The van der Waals surface area contributed by atoms with Crippen LogP contribution in [0, 0.1) is 6.92 Å². The Labute approximate surface area is 167 Å². The second-order valence-electron chi connectivity index (χ2n) is 6.78. The first kappa shape index (κ1) is 21.5. The lowest BCUT2D eigenvalue weighted by molar-refractivity contribution is -0.136. The molecule has 5 nitrogen and oxygen atoms in total. The summed E-state index contributed by atoms with van der Waals surface area (Å²) >= 11 is 0. The van der Waals surface area contributed by atoms with Crippen LogP contribution in [0.4, 0.5) is 5.69 Å². The topological polar surface area (TPSA) is 67.4 Å². The van der Waals surface area contributed by atoms with Crippen molar-refractivity contribution in [1.29, 1.82) is 0 Å². The largest absolute Gasteiger partial charge is 0.494 e. The van der Waals surface area contributed by atoms with Gasteiger partial charge in [-0.05, 0) is 50.8 Å². The zero-order chi connectivity index (χ0) is 20.7. The van der Waals surface area contributed by atoms with Gasteiger partial charge < -0.3 is 15.4 Å². The maximum Gasteiger partial charge on any atom is 0.313 e. The van der Waals surface area contributed by atoms with E-state index in [2.05, 4.69) is 10.6 Å². The van der Waals surface area contributed by atoms with E-state index in [-0.39, 0.29) is 6.04 Å². The van der Waals surface area contributed by atoms with Crippen molar-refractivity contribution in [3.8, 4) is 5.75 Å². The number of benzene rings is 2. The molecule has 2 aromatic rings. The number of anilines is 1. The number of rotatable bonds is 7. The molecule has 2 rings (SSSR count). The van der Waals surface area contributed by atoms with Gasteiger partial charge in [0.15, 0.2) is 0 Å². The summed E-state index contributed by atoms with van der Waals surface area (Å²) in [5.74, 6) is -0.608. The van der Waals surface area contributed by atoms with E-state index in [1.54, 1.807) is 0 Å². The quantitative estimate of drug-likeness (QED) is 0.700. The molecule has 0 radical (unpaired) electrons. The lowest BCUT2D eigenvalue weighted by Crippen LogP contribution is -2.37. The molecular weight excluding hydrogens is 352 g/mol. The summed E-state index contributed by atoms with van der Waals surface area (Å²) in [5, 5.41) is 5.59. The molecule has 0 aromatic heterocycles. The Morgan fingerprint density at radius 1 is 1.00 bits per heavy atom. The molecule has 0 saturated carbocycles. The average Bonchev–Trinajstić information content (AvgIpc) is 2.69. The lowest BCUT2D eigenvalue weighted by Gasteiger charge is -2.19. The van der Waals surface area contributed by atoms with Gasteiger partial charge in [0.2, 0.25) is 0 Å². The zero-order valence-electron chi connectivity index (χ0n) is 17.4. The number of amides is 2. The van der Waals surface area contributed by atoms with Gasteiger partial charge in [-0.25, -0.2) is 0 Å². The van der Waals surface area contributed by atoms with E-state index in [9.17, 15) is 9.59 Å². The van der Waals surface area contributed by atoms with E-state index in [1.165, 1.54) is 0 Å². The van der Waals surface area contributed by atoms with Crippen molar-refractivity contribution < 1.29 is 14.3 Å². The van der Waals surface area contributed by atoms with Gasteiger partial charge in [-0.2, -0.15) is 0 Å². The Bertz CT molecular complexity index is 823. The van der Waals surface area contributed by atoms with Gasteiger partial charge in [0, 0.05) is 11.3 Å². The fourth-order valence-corrected chi connectivity index (χ4v) is 3.21. The third-order valence-corrected chi connectivity index (χ3v) is 4.72. The summed E-state index contributed by atoms with van der Waals surface area (Å²) in [4.78, 5) is 25.1. The normalized spacial score (nSPS) is 11.6. The summed E-state index contributed by atoms with van der Waals surface area (Å²) in [7, 11) is 0. The Morgan fingerprint density at radius 3 is 2.21 bits per heavy atom. The molecule has 0 bridgehead atoms. The number of ether oxygens (including phenoxy) is 1. The summed E-state index contributed by atoms with van der Waals surface area (Å²) in [6.45, 7) is 10.3. The molecule has 0 aliphatic carbocycles. The predicted octanol–water partition coefficient (Wildman–Crippen LogP) is 4.33. The maximum absolute atomic E-state index is 12.5. The predicted molar refractivity (Wildman–Crippen MR) is 113 cm³/mol. The van der Waals surface area contributed by atoms with Crippen LogP contribution in [0.15, 0.2) is 36.4 Å². The van der Waals surface area contributed by atoms with Crippen LogP contribution in [0.25, 0.3) is 0 Å². The minimum absolute atomic E-state index is 0.355. The van der Waals surface area contributed by atoms with Crippen LogP contribution < -0.4 is 15.4 Å². The number of aryl methyl sites for hydroxylation is 3. The molecule has 0 spiro atoms. The van der Waals surface area contributed by atoms with Crippen LogP contribution in [-0.2, 0) is 22.4 Å². The molecule has 28 heavy (non-hydrogen) atoms. The van der Waals surface area contributed by atoms with E-state index in [0.29, 0.717) is 12.4 Å². The van der Waals surface area contributed by atoms with E-state index < -0.39 is 11.8 Å².